The molecule has 0 atom stereocenters. The third-order valence-corrected chi connectivity index (χ3v) is 6.50. The van der Waals surface area contributed by atoms with Gasteiger partial charge in [-0.3, -0.25) is 14.5 Å². The topological polar surface area (TPSA) is 55.8 Å². The van der Waals surface area contributed by atoms with Crippen molar-refractivity contribution in [2.75, 3.05) is 13.7 Å². The van der Waals surface area contributed by atoms with Gasteiger partial charge in [0.05, 0.1) is 32.2 Å². The smallest absolute Gasteiger partial charge is 0.293 e. The molecule has 0 bridgehead atoms. The Balaban J connectivity index is 1.85. The minimum atomic E-state index is -0.377. The van der Waals surface area contributed by atoms with E-state index in [1.165, 1.54) is 12.0 Å². The van der Waals surface area contributed by atoms with Crippen LogP contribution in [0.5, 0.6) is 11.5 Å². The molecule has 0 spiro atoms. The number of amides is 2. The molecule has 5 nitrogen and oxygen atoms in total. The van der Waals surface area contributed by atoms with E-state index in [1.807, 2.05) is 6.07 Å². The first-order valence-electron chi connectivity index (χ1n) is 8.47. The molecule has 9 heteroatoms. The van der Waals surface area contributed by atoms with E-state index in [-0.39, 0.29) is 24.3 Å². The van der Waals surface area contributed by atoms with E-state index < -0.39 is 0 Å². The number of benzene rings is 2. The Morgan fingerprint density at radius 2 is 2.00 bits per heavy atom. The molecule has 154 valence electrons. The first kappa shape index (κ1) is 22.8. The molecular weight excluding hydrogens is 560 g/mol. The highest BCUT2D eigenvalue weighted by Gasteiger charge is 2.35. The summed E-state index contributed by atoms with van der Waals surface area (Å²) in [7, 11) is 1.52. The van der Waals surface area contributed by atoms with Gasteiger partial charge < -0.3 is 9.47 Å². The molecule has 1 aliphatic rings. The summed E-state index contributed by atoms with van der Waals surface area (Å²) in [5, 5.41) is 0.422. The lowest BCUT2D eigenvalue weighted by Crippen LogP contribution is -2.27. The van der Waals surface area contributed by atoms with Gasteiger partial charge in [-0.25, -0.2) is 0 Å². The molecule has 30 heavy (non-hydrogen) atoms. The van der Waals surface area contributed by atoms with Crippen LogP contribution in [0.25, 0.3) is 6.08 Å². The Hall–Kier alpha value is -1.86. The summed E-state index contributed by atoms with van der Waals surface area (Å²) in [4.78, 5) is 26.7. The van der Waals surface area contributed by atoms with Crippen LogP contribution in [0, 0.1) is 15.9 Å². The first-order chi connectivity index (χ1) is 14.3. The van der Waals surface area contributed by atoms with Crippen LogP contribution < -0.4 is 9.47 Å². The summed E-state index contributed by atoms with van der Waals surface area (Å²) in [6.45, 7) is 0.220. The number of terminal acetylenes is 1. The Labute approximate surface area is 201 Å². The fourth-order valence-corrected chi connectivity index (χ4v) is 4.63. The zero-order valence-electron chi connectivity index (χ0n) is 15.6. The summed E-state index contributed by atoms with van der Waals surface area (Å²) in [6.07, 6.45) is 6.90. The Kier molecular flexibility index (Phi) is 7.58. The number of nitrogens with zero attached hydrogens (tertiary/aromatic N) is 1. The van der Waals surface area contributed by atoms with Gasteiger partial charge in [-0.15, -0.1) is 6.42 Å². The number of halogens is 3. The molecule has 0 aliphatic carbocycles. The number of hydrogen-bond donors (Lipinski definition) is 0. The zero-order chi connectivity index (χ0) is 21.8. The van der Waals surface area contributed by atoms with Crippen molar-refractivity contribution in [2.45, 2.75) is 6.54 Å². The number of carbonyl (C=O) groups excluding carboxylic acids is 2. The summed E-state index contributed by atoms with van der Waals surface area (Å²) < 4.78 is 11.7. The molecule has 0 aromatic heterocycles. The summed E-state index contributed by atoms with van der Waals surface area (Å²) in [6, 6.07) is 8.54. The molecule has 2 aromatic carbocycles. The van der Waals surface area contributed by atoms with Crippen LogP contribution in [0.2, 0.25) is 10.0 Å². The lowest BCUT2D eigenvalue weighted by molar-refractivity contribution is -0.123. The normalized spacial score (nSPS) is 14.9. The van der Waals surface area contributed by atoms with E-state index >= 15 is 0 Å². The average Bonchev–Trinajstić information content (AvgIpc) is 2.97. The van der Waals surface area contributed by atoms with Gasteiger partial charge in [0, 0.05) is 0 Å². The maximum atomic E-state index is 12.8. The largest absolute Gasteiger partial charge is 0.493 e. The summed E-state index contributed by atoms with van der Waals surface area (Å²) in [5.41, 5.74) is 1.41. The molecule has 0 radical (unpaired) electrons. The number of ether oxygens (including phenoxy) is 2. The highest BCUT2D eigenvalue weighted by atomic mass is 127. The third-order valence-electron chi connectivity index (χ3n) is 4.05. The lowest BCUT2D eigenvalue weighted by atomic mass is 10.1. The van der Waals surface area contributed by atoms with E-state index in [4.69, 9.17) is 39.1 Å². The van der Waals surface area contributed by atoms with Crippen LogP contribution in [0.15, 0.2) is 35.2 Å². The molecule has 1 heterocycles. The SMILES string of the molecule is C#CCOc1c(I)cc(/C=C2\SC(=O)N(Cc3ccc(Cl)c(Cl)c3)C2=O)cc1OC. The van der Waals surface area contributed by atoms with Crippen molar-refractivity contribution in [2.24, 2.45) is 0 Å². The highest BCUT2D eigenvalue weighted by Crippen LogP contribution is 2.38. The number of methoxy groups -OCH3 is 1. The van der Waals surface area contributed by atoms with E-state index in [9.17, 15) is 9.59 Å². The van der Waals surface area contributed by atoms with Crippen molar-refractivity contribution >= 4 is 74.8 Å². The van der Waals surface area contributed by atoms with Gasteiger partial charge in [0.1, 0.15) is 6.61 Å². The lowest BCUT2D eigenvalue weighted by Gasteiger charge is -2.13. The zero-order valence-corrected chi connectivity index (χ0v) is 20.1. The molecule has 2 amide bonds. The van der Waals surface area contributed by atoms with E-state index in [1.54, 1.807) is 30.3 Å². The molecule has 0 N–H and O–H groups in total. The van der Waals surface area contributed by atoms with Gasteiger partial charge in [-0.1, -0.05) is 35.2 Å². The first-order valence-corrected chi connectivity index (χ1v) is 11.1. The van der Waals surface area contributed by atoms with Crippen molar-refractivity contribution in [3.8, 4) is 23.8 Å². The van der Waals surface area contributed by atoms with Gasteiger partial charge in [-0.05, 0) is 75.8 Å². The van der Waals surface area contributed by atoms with E-state index in [0.717, 1.165) is 15.3 Å². The molecule has 1 saturated heterocycles. The molecular formula is C21H14Cl2INO4S. The maximum Gasteiger partial charge on any atom is 0.293 e. The van der Waals surface area contributed by atoms with Crippen molar-refractivity contribution in [1.29, 1.82) is 0 Å². The fraction of sp³-hybridized carbons (Fsp3) is 0.143. The monoisotopic (exact) mass is 573 g/mol. The highest BCUT2D eigenvalue weighted by molar-refractivity contribution is 14.1. The number of carbonyl (C=O) groups is 2. The predicted octanol–water partition coefficient (Wildman–Crippen LogP) is 5.86. The standard InChI is InChI=1S/C21H14Cl2INO4S/c1-3-6-29-19-16(24)8-13(9-17(19)28-2)10-18-20(26)25(21(27)30-18)11-12-4-5-14(22)15(23)7-12/h1,4-5,7-10H,6,11H2,2H3/b18-10-. The van der Waals surface area contributed by atoms with Gasteiger partial charge in [0.25, 0.3) is 11.1 Å². The molecule has 0 saturated carbocycles. The van der Waals surface area contributed by atoms with Crippen molar-refractivity contribution < 1.29 is 19.1 Å². The average molecular weight is 574 g/mol. The fourth-order valence-electron chi connectivity index (χ4n) is 2.69. The second-order valence-electron chi connectivity index (χ2n) is 6.04. The number of thioether (sulfide) groups is 1. The molecule has 1 aliphatic heterocycles. The van der Waals surface area contributed by atoms with Crippen LogP contribution in [-0.4, -0.2) is 29.8 Å². The molecule has 3 rings (SSSR count). The number of imide groups is 1. The minimum absolute atomic E-state index is 0.110. The van der Waals surface area contributed by atoms with Crippen molar-refractivity contribution in [3.05, 3.63) is 60.0 Å². The Bertz CT molecular complexity index is 1100. The van der Waals surface area contributed by atoms with Crippen LogP contribution in [0.1, 0.15) is 11.1 Å². The van der Waals surface area contributed by atoms with Crippen molar-refractivity contribution in [1.82, 2.24) is 4.90 Å². The van der Waals surface area contributed by atoms with E-state index in [0.29, 0.717) is 37.6 Å². The Morgan fingerprint density at radius 1 is 1.23 bits per heavy atom. The van der Waals surface area contributed by atoms with Gasteiger partial charge in [0.2, 0.25) is 0 Å². The Morgan fingerprint density at radius 3 is 2.67 bits per heavy atom. The second-order valence-corrected chi connectivity index (χ2v) is 9.01. The van der Waals surface area contributed by atoms with Gasteiger partial charge >= 0.3 is 0 Å². The van der Waals surface area contributed by atoms with Crippen LogP contribution in [-0.2, 0) is 11.3 Å². The maximum absolute atomic E-state index is 12.8. The summed E-state index contributed by atoms with van der Waals surface area (Å²) in [5.74, 6) is 3.05. The quantitative estimate of drug-likeness (QED) is 0.246. The number of hydrogen-bond acceptors (Lipinski definition) is 5. The van der Waals surface area contributed by atoms with Gasteiger partial charge in [-0.2, -0.15) is 0 Å². The van der Waals surface area contributed by atoms with Crippen LogP contribution >= 0.6 is 57.6 Å². The molecule has 0 unspecified atom stereocenters. The third kappa shape index (κ3) is 5.06. The van der Waals surface area contributed by atoms with Crippen molar-refractivity contribution in [3.63, 3.8) is 0 Å². The molecule has 2 aromatic rings. The van der Waals surface area contributed by atoms with E-state index in [2.05, 4.69) is 28.5 Å². The second kappa shape index (κ2) is 9.96. The summed E-state index contributed by atoms with van der Waals surface area (Å²) >= 11 is 14.9. The molecule has 1 fully saturated rings. The van der Waals surface area contributed by atoms with Crippen LogP contribution in [0.4, 0.5) is 4.79 Å². The predicted molar refractivity (Wildman–Crippen MR) is 128 cm³/mol. The van der Waals surface area contributed by atoms with Crippen LogP contribution in [0.3, 0.4) is 0 Å². The minimum Gasteiger partial charge on any atom is -0.493 e. The van der Waals surface area contributed by atoms with Gasteiger partial charge in [0.15, 0.2) is 11.5 Å². The number of rotatable bonds is 6.